The Balaban J connectivity index is 1.54. The third-order valence-corrected chi connectivity index (χ3v) is 5.04. The van der Waals surface area contributed by atoms with Crippen molar-refractivity contribution in [2.24, 2.45) is 0 Å². The topological polar surface area (TPSA) is 31.2 Å². The highest BCUT2D eigenvalue weighted by Gasteiger charge is 2.07. The van der Waals surface area contributed by atoms with Crippen LogP contribution >= 0.6 is 0 Å². The molecular formula is C27H22FNO2. The Kier molecular flexibility index (Phi) is 6.08. The molecule has 0 N–H and O–H groups in total. The Morgan fingerprint density at radius 1 is 0.968 bits per heavy atom. The predicted molar refractivity (Wildman–Crippen MR) is 124 cm³/mol. The first kappa shape index (κ1) is 20.4. The predicted octanol–water partition coefficient (Wildman–Crippen LogP) is 6.13. The summed E-state index contributed by atoms with van der Waals surface area (Å²) in [5.74, 6) is 0.430. The van der Waals surface area contributed by atoms with Gasteiger partial charge in [-0.2, -0.15) is 0 Å². The fourth-order valence-corrected chi connectivity index (χ4v) is 3.49. The van der Waals surface area contributed by atoms with Crippen LogP contribution in [0.5, 0.6) is 5.75 Å². The highest BCUT2D eigenvalue weighted by molar-refractivity contribution is 6.05. The highest BCUT2D eigenvalue weighted by Crippen LogP contribution is 2.24. The molecule has 3 nitrogen and oxygen atoms in total. The van der Waals surface area contributed by atoms with Crippen LogP contribution in [0.4, 0.5) is 4.39 Å². The molecule has 4 aromatic rings. The Labute approximate surface area is 180 Å². The van der Waals surface area contributed by atoms with E-state index in [1.165, 1.54) is 12.1 Å². The molecule has 4 rings (SSSR count). The number of benzene rings is 3. The summed E-state index contributed by atoms with van der Waals surface area (Å²) in [4.78, 5) is 12.3. The Bertz CT molecular complexity index is 1270. The van der Waals surface area contributed by atoms with E-state index in [2.05, 4.69) is 4.57 Å². The van der Waals surface area contributed by atoms with Crippen LogP contribution in [-0.2, 0) is 11.3 Å². The molecule has 0 unspecified atom stereocenters. The highest BCUT2D eigenvalue weighted by atomic mass is 19.1. The van der Waals surface area contributed by atoms with Crippen molar-refractivity contribution in [3.63, 3.8) is 0 Å². The van der Waals surface area contributed by atoms with Crippen LogP contribution in [-0.4, -0.2) is 17.5 Å². The minimum atomic E-state index is -0.247. The number of nitrogens with zero attached hydrogens (tertiary/aromatic N) is 1. The number of methoxy groups -OCH3 is 1. The zero-order valence-corrected chi connectivity index (χ0v) is 17.2. The molecule has 0 atom stereocenters. The lowest BCUT2D eigenvalue weighted by Gasteiger charge is -2.05. The SMILES string of the molecule is COc1ccc(/C=C/C(=O)/C=C/c2cn(Cc3cccc(F)c3)c3ccccc23)cc1. The first-order valence-corrected chi connectivity index (χ1v) is 9.99. The van der Waals surface area contributed by atoms with Crippen LogP contribution in [0, 0.1) is 5.82 Å². The van der Waals surface area contributed by atoms with E-state index in [9.17, 15) is 9.18 Å². The molecule has 4 heteroatoms. The molecular weight excluding hydrogens is 389 g/mol. The van der Waals surface area contributed by atoms with Gasteiger partial charge in [-0.15, -0.1) is 0 Å². The van der Waals surface area contributed by atoms with Gasteiger partial charge in [0, 0.05) is 29.2 Å². The molecule has 0 aliphatic heterocycles. The van der Waals surface area contributed by atoms with E-state index in [1.54, 1.807) is 31.4 Å². The van der Waals surface area contributed by atoms with E-state index in [4.69, 9.17) is 4.74 Å². The summed E-state index contributed by atoms with van der Waals surface area (Å²) >= 11 is 0. The van der Waals surface area contributed by atoms with E-state index in [1.807, 2.05) is 66.9 Å². The maximum absolute atomic E-state index is 13.6. The second-order valence-electron chi connectivity index (χ2n) is 7.20. The van der Waals surface area contributed by atoms with Crippen LogP contribution in [0.15, 0.2) is 91.1 Å². The fourth-order valence-electron chi connectivity index (χ4n) is 3.49. The van der Waals surface area contributed by atoms with Gasteiger partial charge in [-0.3, -0.25) is 4.79 Å². The van der Waals surface area contributed by atoms with Gasteiger partial charge in [0.2, 0.25) is 0 Å². The Morgan fingerprint density at radius 2 is 1.74 bits per heavy atom. The number of carbonyl (C=O) groups is 1. The maximum Gasteiger partial charge on any atom is 0.178 e. The first-order chi connectivity index (χ1) is 15.1. The van der Waals surface area contributed by atoms with Gasteiger partial charge in [0.1, 0.15) is 11.6 Å². The zero-order chi connectivity index (χ0) is 21.6. The van der Waals surface area contributed by atoms with Gasteiger partial charge in [0.15, 0.2) is 5.78 Å². The lowest BCUT2D eigenvalue weighted by Crippen LogP contribution is -1.98. The summed E-state index contributed by atoms with van der Waals surface area (Å²) in [6.45, 7) is 0.553. The number of para-hydroxylation sites is 1. The number of aromatic nitrogens is 1. The van der Waals surface area contributed by atoms with Crippen molar-refractivity contribution in [2.75, 3.05) is 7.11 Å². The van der Waals surface area contributed by atoms with Crippen LogP contribution < -0.4 is 4.74 Å². The van der Waals surface area contributed by atoms with Crippen LogP contribution in [0.25, 0.3) is 23.1 Å². The fraction of sp³-hybridized carbons (Fsp3) is 0.0741. The van der Waals surface area contributed by atoms with Crippen LogP contribution in [0.3, 0.4) is 0 Å². The normalized spacial score (nSPS) is 11.5. The quantitative estimate of drug-likeness (QED) is 0.342. The van der Waals surface area contributed by atoms with Crippen LogP contribution in [0.2, 0.25) is 0 Å². The monoisotopic (exact) mass is 411 g/mol. The largest absolute Gasteiger partial charge is 0.497 e. The number of carbonyl (C=O) groups excluding carboxylic acids is 1. The number of allylic oxidation sites excluding steroid dienone is 2. The lowest BCUT2D eigenvalue weighted by atomic mass is 10.1. The van der Waals surface area contributed by atoms with Gasteiger partial charge >= 0.3 is 0 Å². The molecule has 0 aliphatic rings. The third-order valence-electron chi connectivity index (χ3n) is 5.04. The minimum absolute atomic E-state index is 0.0993. The van der Waals surface area contributed by atoms with Crippen molar-refractivity contribution in [1.82, 2.24) is 4.57 Å². The standard InChI is InChI=1S/C27H22FNO2/c1-31-25-15-10-20(11-16-25)9-13-24(30)14-12-22-19-29(27-8-3-2-7-26(22)27)18-21-5-4-6-23(28)17-21/h2-17,19H,18H2,1H3/b13-9+,14-12+. The number of hydrogen-bond donors (Lipinski definition) is 0. The summed E-state index contributed by atoms with van der Waals surface area (Å²) in [7, 11) is 1.62. The number of halogens is 1. The molecule has 154 valence electrons. The first-order valence-electron chi connectivity index (χ1n) is 9.99. The van der Waals surface area contributed by atoms with Crippen molar-refractivity contribution < 1.29 is 13.9 Å². The summed E-state index contributed by atoms with van der Waals surface area (Å²) in [6.07, 6.45) is 8.70. The van der Waals surface area contributed by atoms with E-state index in [0.717, 1.165) is 33.3 Å². The zero-order valence-electron chi connectivity index (χ0n) is 17.2. The van der Waals surface area contributed by atoms with Crippen molar-refractivity contribution in [2.45, 2.75) is 6.54 Å². The molecule has 0 saturated heterocycles. The number of hydrogen-bond acceptors (Lipinski definition) is 2. The van der Waals surface area contributed by atoms with Gasteiger partial charge < -0.3 is 9.30 Å². The minimum Gasteiger partial charge on any atom is -0.497 e. The molecule has 0 spiro atoms. The molecule has 0 radical (unpaired) electrons. The van der Waals surface area contributed by atoms with E-state index >= 15 is 0 Å². The summed E-state index contributed by atoms with van der Waals surface area (Å²) in [6, 6.07) is 22.1. The molecule has 1 heterocycles. The van der Waals surface area contributed by atoms with E-state index < -0.39 is 0 Å². The Morgan fingerprint density at radius 3 is 2.52 bits per heavy atom. The smallest absolute Gasteiger partial charge is 0.178 e. The number of fused-ring (bicyclic) bond motifs is 1. The Hall–Kier alpha value is -3.92. The summed E-state index contributed by atoms with van der Waals surface area (Å²) in [5.41, 5.74) is 3.79. The molecule has 0 amide bonds. The van der Waals surface area contributed by atoms with Crippen LogP contribution in [0.1, 0.15) is 16.7 Å². The van der Waals surface area contributed by atoms with Gasteiger partial charge in [0.25, 0.3) is 0 Å². The second kappa shape index (κ2) is 9.26. The molecule has 0 aliphatic carbocycles. The number of ether oxygens (including phenoxy) is 1. The maximum atomic E-state index is 13.6. The average Bonchev–Trinajstić information content (AvgIpc) is 3.14. The molecule has 0 saturated carbocycles. The van der Waals surface area contributed by atoms with E-state index in [-0.39, 0.29) is 11.6 Å². The van der Waals surface area contributed by atoms with Crippen molar-refractivity contribution in [1.29, 1.82) is 0 Å². The van der Waals surface area contributed by atoms with Crippen molar-refractivity contribution >= 4 is 28.8 Å². The molecule has 0 bridgehead atoms. The molecule has 3 aromatic carbocycles. The van der Waals surface area contributed by atoms with Gasteiger partial charge in [0.05, 0.1) is 7.11 Å². The van der Waals surface area contributed by atoms with Crippen molar-refractivity contribution in [3.8, 4) is 5.75 Å². The summed E-state index contributed by atoms with van der Waals surface area (Å²) in [5, 5.41) is 1.04. The van der Waals surface area contributed by atoms with Gasteiger partial charge in [-0.1, -0.05) is 48.5 Å². The molecule has 0 fully saturated rings. The lowest BCUT2D eigenvalue weighted by molar-refractivity contribution is -0.110. The average molecular weight is 411 g/mol. The van der Waals surface area contributed by atoms with E-state index in [0.29, 0.717) is 6.54 Å². The molecule has 1 aromatic heterocycles. The number of rotatable bonds is 7. The number of ketones is 1. The van der Waals surface area contributed by atoms with Gasteiger partial charge in [-0.25, -0.2) is 4.39 Å². The third kappa shape index (κ3) is 4.98. The van der Waals surface area contributed by atoms with Gasteiger partial charge in [-0.05, 0) is 59.7 Å². The second-order valence-corrected chi connectivity index (χ2v) is 7.20. The van der Waals surface area contributed by atoms with Crippen molar-refractivity contribution in [3.05, 3.63) is 114 Å². The molecule has 31 heavy (non-hydrogen) atoms. The summed E-state index contributed by atoms with van der Waals surface area (Å²) < 4.78 is 20.8.